The van der Waals surface area contributed by atoms with Gasteiger partial charge in [-0.25, -0.2) is 13.4 Å². The average Bonchev–Trinajstić information content (AvgIpc) is 2.95. The van der Waals surface area contributed by atoms with Gasteiger partial charge < -0.3 is 0 Å². The summed E-state index contributed by atoms with van der Waals surface area (Å²) >= 11 is 2.66. The number of fused-ring (bicyclic) bond motifs is 1. The quantitative estimate of drug-likeness (QED) is 0.807. The molecular formula is C11H9N3O2S3. The second kappa shape index (κ2) is 4.55. The molecule has 0 saturated carbocycles. The Morgan fingerprint density at radius 2 is 2.16 bits per heavy atom. The van der Waals surface area contributed by atoms with E-state index in [1.54, 1.807) is 23.5 Å². The van der Waals surface area contributed by atoms with Gasteiger partial charge in [0, 0.05) is 0 Å². The summed E-state index contributed by atoms with van der Waals surface area (Å²) in [7, 11) is -3.55. The number of anilines is 1. The zero-order chi connectivity index (χ0) is 13.5. The van der Waals surface area contributed by atoms with Crippen molar-refractivity contribution >= 4 is 48.6 Å². The fourth-order valence-corrected chi connectivity index (χ4v) is 4.30. The van der Waals surface area contributed by atoms with Crippen molar-refractivity contribution in [3.63, 3.8) is 0 Å². The molecule has 2 aromatic heterocycles. The summed E-state index contributed by atoms with van der Waals surface area (Å²) in [6.45, 7) is 1.92. The molecule has 98 valence electrons. The van der Waals surface area contributed by atoms with Crippen LogP contribution in [0.3, 0.4) is 0 Å². The van der Waals surface area contributed by atoms with Crippen LogP contribution in [0, 0.1) is 6.92 Å². The zero-order valence-corrected chi connectivity index (χ0v) is 12.3. The van der Waals surface area contributed by atoms with Gasteiger partial charge in [-0.05, 0) is 25.1 Å². The topological polar surface area (TPSA) is 72.0 Å². The van der Waals surface area contributed by atoms with Gasteiger partial charge >= 0.3 is 0 Å². The largest absolute Gasteiger partial charge is 0.279 e. The normalized spacial score (nSPS) is 11.8. The van der Waals surface area contributed by atoms with Crippen molar-refractivity contribution in [2.45, 2.75) is 11.1 Å². The van der Waals surface area contributed by atoms with Gasteiger partial charge in [0.15, 0.2) is 4.21 Å². The Morgan fingerprint density at radius 3 is 2.89 bits per heavy atom. The van der Waals surface area contributed by atoms with E-state index in [1.807, 2.05) is 13.0 Å². The third-order valence-corrected chi connectivity index (χ3v) is 6.02. The lowest BCUT2D eigenvalue weighted by molar-refractivity contribution is 0.603. The third kappa shape index (κ3) is 2.46. The fourth-order valence-electron chi connectivity index (χ4n) is 1.65. The van der Waals surface area contributed by atoms with E-state index in [4.69, 9.17) is 0 Å². The van der Waals surface area contributed by atoms with E-state index in [9.17, 15) is 8.42 Å². The van der Waals surface area contributed by atoms with Crippen molar-refractivity contribution < 1.29 is 8.42 Å². The first-order chi connectivity index (χ1) is 9.04. The van der Waals surface area contributed by atoms with Crippen molar-refractivity contribution in [3.05, 3.63) is 34.9 Å². The van der Waals surface area contributed by atoms with Crippen molar-refractivity contribution in [2.75, 3.05) is 4.72 Å². The highest BCUT2D eigenvalue weighted by atomic mass is 32.2. The molecule has 0 fully saturated rings. The summed E-state index contributed by atoms with van der Waals surface area (Å²) in [6.07, 6.45) is 1.33. The maximum Gasteiger partial charge on any atom is 0.273 e. The molecule has 0 aliphatic rings. The van der Waals surface area contributed by atoms with E-state index in [1.165, 1.54) is 11.7 Å². The minimum absolute atomic E-state index is 0.196. The van der Waals surface area contributed by atoms with E-state index in [-0.39, 0.29) is 4.21 Å². The fraction of sp³-hybridized carbons (Fsp3) is 0.0909. The molecule has 0 aliphatic heterocycles. The van der Waals surface area contributed by atoms with Crippen molar-refractivity contribution in [2.24, 2.45) is 0 Å². The van der Waals surface area contributed by atoms with E-state index in [2.05, 4.69) is 14.7 Å². The van der Waals surface area contributed by atoms with Crippen LogP contribution >= 0.6 is 22.7 Å². The van der Waals surface area contributed by atoms with E-state index in [0.717, 1.165) is 26.6 Å². The van der Waals surface area contributed by atoms with Gasteiger partial charge in [0.1, 0.15) is 0 Å². The zero-order valence-electron chi connectivity index (χ0n) is 9.82. The molecule has 3 aromatic rings. The summed E-state index contributed by atoms with van der Waals surface area (Å²) in [5.41, 5.74) is 2.79. The second-order valence-electron chi connectivity index (χ2n) is 3.84. The van der Waals surface area contributed by atoms with E-state index in [0.29, 0.717) is 5.69 Å². The summed E-state index contributed by atoms with van der Waals surface area (Å²) in [6, 6.07) is 5.33. The highest BCUT2D eigenvalue weighted by Crippen LogP contribution is 2.26. The number of nitrogens with one attached hydrogen (secondary N) is 1. The molecule has 3 rings (SSSR count). The molecule has 8 heteroatoms. The summed E-state index contributed by atoms with van der Waals surface area (Å²) in [5, 5.41) is 0.956. The Labute approximate surface area is 118 Å². The average molecular weight is 311 g/mol. The number of hydrogen-bond acceptors (Lipinski definition) is 6. The van der Waals surface area contributed by atoms with Crippen LogP contribution in [0.5, 0.6) is 0 Å². The van der Waals surface area contributed by atoms with Gasteiger partial charge in [-0.3, -0.25) is 9.71 Å². The summed E-state index contributed by atoms with van der Waals surface area (Å²) < 4.78 is 27.9. The highest BCUT2D eigenvalue weighted by molar-refractivity contribution is 7.94. The predicted octanol–water partition coefficient (Wildman–Crippen LogP) is 2.86. The Bertz CT molecular complexity index is 822. The standard InChI is InChI=1S/C11H9N3O2S3/c1-7-13-9-4-8(2-3-10(9)18-7)14-19(15,16)11-5-12-6-17-11/h2-6,14H,1H3. The first-order valence-corrected chi connectivity index (χ1v) is 8.51. The van der Waals surface area contributed by atoms with Crippen molar-refractivity contribution in [3.8, 4) is 0 Å². The van der Waals surface area contributed by atoms with Crippen LogP contribution in [0.15, 0.2) is 34.1 Å². The maximum atomic E-state index is 12.0. The first kappa shape index (κ1) is 12.5. The molecule has 0 atom stereocenters. The number of thiazole rings is 2. The number of aromatic nitrogens is 2. The van der Waals surface area contributed by atoms with Crippen LogP contribution < -0.4 is 4.72 Å². The molecule has 1 aromatic carbocycles. The highest BCUT2D eigenvalue weighted by Gasteiger charge is 2.16. The number of sulfonamides is 1. The van der Waals surface area contributed by atoms with Gasteiger partial charge in [0.05, 0.1) is 32.6 Å². The van der Waals surface area contributed by atoms with Crippen LogP contribution in [0.25, 0.3) is 10.2 Å². The van der Waals surface area contributed by atoms with Crippen LogP contribution in [-0.2, 0) is 10.0 Å². The van der Waals surface area contributed by atoms with Gasteiger partial charge in [-0.1, -0.05) is 0 Å². The number of benzene rings is 1. The number of aryl methyl sites for hydroxylation is 1. The lowest BCUT2D eigenvalue weighted by Gasteiger charge is -2.05. The number of hydrogen-bond donors (Lipinski definition) is 1. The Balaban J connectivity index is 1.97. The van der Waals surface area contributed by atoms with Crippen LogP contribution in [-0.4, -0.2) is 18.4 Å². The molecule has 2 heterocycles. The van der Waals surface area contributed by atoms with Gasteiger partial charge in [0.25, 0.3) is 10.0 Å². The van der Waals surface area contributed by atoms with Crippen LogP contribution in [0.1, 0.15) is 5.01 Å². The van der Waals surface area contributed by atoms with E-state index >= 15 is 0 Å². The monoisotopic (exact) mass is 311 g/mol. The molecule has 19 heavy (non-hydrogen) atoms. The summed E-state index contributed by atoms with van der Waals surface area (Å²) in [5.74, 6) is 0. The third-order valence-electron chi connectivity index (χ3n) is 2.42. The van der Waals surface area contributed by atoms with Gasteiger partial charge in [0.2, 0.25) is 0 Å². The van der Waals surface area contributed by atoms with E-state index < -0.39 is 10.0 Å². The SMILES string of the molecule is Cc1nc2cc(NS(=O)(=O)c3cncs3)ccc2s1. The Morgan fingerprint density at radius 1 is 1.32 bits per heavy atom. The molecule has 5 nitrogen and oxygen atoms in total. The molecule has 0 saturated heterocycles. The van der Waals surface area contributed by atoms with Crippen molar-refractivity contribution in [1.82, 2.24) is 9.97 Å². The minimum Gasteiger partial charge on any atom is -0.279 e. The Hall–Kier alpha value is -1.51. The van der Waals surface area contributed by atoms with Crippen LogP contribution in [0.2, 0.25) is 0 Å². The molecule has 0 unspecified atom stereocenters. The smallest absolute Gasteiger partial charge is 0.273 e. The number of nitrogens with zero attached hydrogens (tertiary/aromatic N) is 2. The number of rotatable bonds is 3. The molecular weight excluding hydrogens is 302 g/mol. The Kier molecular flexibility index (Phi) is 3.00. The van der Waals surface area contributed by atoms with Gasteiger partial charge in [-0.2, -0.15) is 0 Å². The second-order valence-corrected chi connectivity index (χ2v) is 7.87. The first-order valence-electron chi connectivity index (χ1n) is 5.33. The summed E-state index contributed by atoms with van der Waals surface area (Å²) in [4.78, 5) is 8.11. The maximum absolute atomic E-state index is 12.0. The molecule has 0 amide bonds. The van der Waals surface area contributed by atoms with Crippen LogP contribution in [0.4, 0.5) is 5.69 Å². The lowest BCUT2D eigenvalue weighted by Crippen LogP contribution is -2.11. The molecule has 0 bridgehead atoms. The molecule has 0 radical (unpaired) electrons. The molecule has 0 aliphatic carbocycles. The molecule has 0 spiro atoms. The molecule has 1 N–H and O–H groups in total. The predicted molar refractivity (Wildman–Crippen MR) is 77.3 cm³/mol. The van der Waals surface area contributed by atoms with Crippen molar-refractivity contribution in [1.29, 1.82) is 0 Å². The minimum atomic E-state index is -3.55. The lowest BCUT2D eigenvalue weighted by atomic mass is 10.3. The van der Waals surface area contributed by atoms with Gasteiger partial charge in [-0.15, -0.1) is 22.7 Å².